The average Bonchev–Trinajstić information content (AvgIpc) is 2.46. The van der Waals surface area contributed by atoms with Crippen molar-refractivity contribution in [1.82, 2.24) is 5.32 Å². The SMILES string of the molecule is Cc1ccccc1CNC(=O)CC(=O)Nc1cccc(F)c1. The molecule has 2 rings (SSSR count). The Labute approximate surface area is 128 Å². The Balaban J connectivity index is 1.82. The van der Waals surface area contributed by atoms with Crippen LogP contribution in [0.2, 0.25) is 0 Å². The van der Waals surface area contributed by atoms with Crippen molar-refractivity contribution in [2.75, 3.05) is 5.32 Å². The zero-order chi connectivity index (χ0) is 15.9. The van der Waals surface area contributed by atoms with Gasteiger partial charge in [0.1, 0.15) is 12.2 Å². The van der Waals surface area contributed by atoms with Gasteiger partial charge in [-0.15, -0.1) is 0 Å². The molecule has 0 radical (unpaired) electrons. The van der Waals surface area contributed by atoms with E-state index in [1.807, 2.05) is 31.2 Å². The van der Waals surface area contributed by atoms with E-state index >= 15 is 0 Å². The van der Waals surface area contributed by atoms with Crippen LogP contribution in [0, 0.1) is 12.7 Å². The number of hydrogen-bond acceptors (Lipinski definition) is 2. The predicted octanol–water partition coefficient (Wildman–Crippen LogP) is 2.78. The van der Waals surface area contributed by atoms with E-state index in [-0.39, 0.29) is 12.3 Å². The number of anilines is 1. The van der Waals surface area contributed by atoms with E-state index in [9.17, 15) is 14.0 Å². The first-order valence-corrected chi connectivity index (χ1v) is 6.91. The molecule has 5 heteroatoms. The Morgan fingerprint density at radius 1 is 1.05 bits per heavy atom. The molecule has 0 aliphatic carbocycles. The second-order valence-corrected chi connectivity index (χ2v) is 4.94. The molecule has 0 saturated carbocycles. The summed E-state index contributed by atoms with van der Waals surface area (Å²) in [4.78, 5) is 23.5. The topological polar surface area (TPSA) is 58.2 Å². The lowest BCUT2D eigenvalue weighted by Crippen LogP contribution is -2.28. The summed E-state index contributed by atoms with van der Waals surface area (Å²) < 4.78 is 13.0. The third kappa shape index (κ3) is 4.70. The molecule has 0 heterocycles. The normalized spacial score (nSPS) is 10.1. The lowest BCUT2D eigenvalue weighted by atomic mass is 10.1. The summed E-state index contributed by atoms with van der Waals surface area (Å²) in [6, 6.07) is 13.2. The maximum atomic E-state index is 13.0. The van der Waals surface area contributed by atoms with E-state index in [0.29, 0.717) is 12.2 Å². The van der Waals surface area contributed by atoms with Gasteiger partial charge in [0.2, 0.25) is 11.8 Å². The maximum absolute atomic E-state index is 13.0. The summed E-state index contributed by atoms with van der Waals surface area (Å²) >= 11 is 0. The summed E-state index contributed by atoms with van der Waals surface area (Å²) in [5.41, 5.74) is 2.41. The van der Waals surface area contributed by atoms with Crippen molar-refractivity contribution in [3.8, 4) is 0 Å². The molecule has 2 amide bonds. The molecule has 0 saturated heterocycles. The molecule has 2 aromatic carbocycles. The van der Waals surface area contributed by atoms with Crippen LogP contribution >= 0.6 is 0 Å². The summed E-state index contributed by atoms with van der Waals surface area (Å²) in [5, 5.41) is 5.18. The van der Waals surface area contributed by atoms with Crippen molar-refractivity contribution < 1.29 is 14.0 Å². The summed E-state index contributed by atoms with van der Waals surface area (Å²) in [5.74, 6) is -1.30. The lowest BCUT2D eigenvalue weighted by molar-refractivity contribution is -0.126. The fourth-order valence-electron chi connectivity index (χ4n) is 1.98. The molecule has 22 heavy (non-hydrogen) atoms. The van der Waals surface area contributed by atoms with E-state index in [2.05, 4.69) is 10.6 Å². The standard InChI is InChI=1S/C17H17FN2O2/c1-12-5-2-3-6-13(12)11-19-16(21)10-17(22)20-15-8-4-7-14(18)9-15/h2-9H,10-11H2,1H3,(H,19,21)(H,20,22). The van der Waals surface area contributed by atoms with Gasteiger partial charge in [0.15, 0.2) is 0 Å². The summed E-state index contributed by atoms with van der Waals surface area (Å²) in [7, 11) is 0. The minimum absolute atomic E-state index is 0.303. The van der Waals surface area contributed by atoms with Gasteiger partial charge in [-0.2, -0.15) is 0 Å². The van der Waals surface area contributed by atoms with Crippen molar-refractivity contribution in [2.45, 2.75) is 19.9 Å². The Morgan fingerprint density at radius 3 is 2.55 bits per heavy atom. The highest BCUT2D eigenvalue weighted by atomic mass is 19.1. The molecular weight excluding hydrogens is 283 g/mol. The van der Waals surface area contributed by atoms with E-state index < -0.39 is 11.7 Å². The van der Waals surface area contributed by atoms with Crippen molar-refractivity contribution in [3.05, 3.63) is 65.5 Å². The smallest absolute Gasteiger partial charge is 0.233 e. The number of halogens is 1. The van der Waals surface area contributed by atoms with Gasteiger partial charge in [-0.1, -0.05) is 30.3 Å². The predicted molar refractivity (Wildman–Crippen MR) is 82.7 cm³/mol. The van der Waals surface area contributed by atoms with E-state index in [1.54, 1.807) is 6.07 Å². The molecule has 2 aromatic rings. The Kier molecular flexibility index (Phi) is 5.25. The van der Waals surface area contributed by atoms with Crippen LogP contribution in [0.15, 0.2) is 48.5 Å². The van der Waals surface area contributed by atoms with Crippen LogP contribution in [0.25, 0.3) is 0 Å². The van der Waals surface area contributed by atoms with Crippen LogP contribution < -0.4 is 10.6 Å². The van der Waals surface area contributed by atoms with Gasteiger partial charge in [0, 0.05) is 12.2 Å². The third-order valence-electron chi connectivity index (χ3n) is 3.17. The molecule has 114 valence electrons. The van der Waals surface area contributed by atoms with Crippen LogP contribution in [0.4, 0.5) is 10.1 Å². The number of nitrogens with one attached hydrogen (secondary N) is 2. The van der Waals surface area contributed by atoms with Crippen molar-refractivity contribution in [1.29, 1.82) is 0 Å². The fourth-order valence-corrected chi connectivity index (χ4v) is 1.98. The van der Waals surface area contributed by atoms with Crippen LogP contribution in [0.1, 0.15) is 17.5 Å². The molecule has 2 N–H and O–H groups in total. The number of amides is 2. The van der Waals surface area contributed by atoms with Crippen LogP contribution in [0.3, 0.4) is 0 Å². The molecule has 0 aromatic heterocycles. The first-order chi connectivity index (χ1) is 10.5. The highest BCUT2D eigenvalue weighted by molar-refractivity contribution is 6.03. The number of carbonyl (C=O) groups is 2. The van der Waals surface area contributed by atoms with E-state index in [1.165, 1.54) is 18.2 Å². The highest BCUT2D eigenvalue weighted by Crippen LogP contribution is 2.09. The molecule has 0 atom stereocenters. The van der Waals surface area contributed by atoms with Gasteiger partial charge >= 0.3 is 0 Å². The largest absolute Gasteiger partial charge is 0.352 e. The van der Waals surface area contributed by atoms with Gasteiger partial charge in [-0.3, -0.25) is 9.59 Å². The minimum atomic E-state index is -0.479. The number of aryl methyl sites for hydroxylation is 1. The highest BCUT2D eigenvalue weighted by Gasteiger charge is 2.10. The average molecular weight is 300 g/mol. The van der Waals surface area contributed by atoms with Gasteiger partial charge in [-0.05, 0) is 36.2 Å². The van der Waals surface area contributed by atoms with Gasteiger partial charge in [0.25, 0.3) is 0 Å². The number of benzene rings is 2. The molecule has 0 aliphatic heterocycles. The lowest BCUT2D eigenvalue weighted by Gasteiger charge is -2.08. The zero-order valence-electron chi connectivity index (χ0n) is 12.2. The van der Waals surface area contributed by atoms with Crippen molar-refractivity contribution >= 4 is 17.5 Å². The van der Waals surface area contributed by atoms with Gasteiger partial charge in [0.05, 0.1) is 0 Å². The molecule has 0 unspecified atom stereocenters. The number of hydrogen-bond donors (Lipinski definition) is 2. The Hall–Kier alpha value is -2.69. The first-order valence-electron chi connectivity index (χ1n) is 6.91. The molecule has 0 bridgehead atoms. The van der Waals surface area contributed by atoms with E-state index in [4.69, 9.17) is 0 Å². The van der Waals surface area contributed by atoms with Crippen molar-refractivity contribution in [2.24, 2.45) is 0 Å². The monoisotopic (exact) mass is 300 g/mol. The molecule has 0 fully saturated rings. The molecule has 0 spiro atoms. The van der Waals surface area contributed by atoms with Crippen LogP contribution in [0.5, 0.6) is 0 Å². The Bertz CT molecular complexity index is 686. The first kappa shape index (κ1) is 15.7. The fraction of sp³-hybridized carbons (Fsp3) is 0.176. The van der Waals surface area contributed by atoms with Crippen LogP contribution in [-0.2, 0) is 16.1 Å². The second kappa shape index (κ2) is 7.36. The minimum Gasteiger partial charge on any atom is -0.352 e. The number of rotatable bonds is 5. The third-order valence-corrected chi connectivity index (χ3v) is 3.17. The Morgan fingerprint density at radius 2 is 1.82 bits per heavy atom. The maximum Gasteiger partial charge on any atom is 0.233 e. The molecular formula is C17H17FN2O2. The molecule has 4 nitrogen and oxygen atoms in total. The van der Waals surface area contributed by atoms with Gasteiger partial charge < -0.3 is 10.6 Å². The summed E-state index contributed by atoms with van der Waals surface area (Å²) in [6.45, 7) is 2.33. The second-order valence-electron chi connectivity index (χ2n) is 4.94. The van der Waals surface area contributed by atoms with Gasteiger partial charge in [-0.25, -0.2) is 4.39 Å². The van der Waals surface area contributed by atoms with Crippen molar-refractivity contribution in [3.63, 3.8) is 0 Å². The number of carbonyl (C=O) groups excluding carboxylic acids is 2. The molecule has 0 aliphatic rings. The van der Waals surface area contributed by atoms with E-state index in [0.717, 1.165) is 11.1 Å². The summed E-state index contributed by atoms with van der Waals surface area (Å²) in [6.07, 6.45) is -0.303. The quantitative estimate of drug-likeness (QED) is 0.834. The zero-order valence-corrected chi connectivity index (χ0v) is 12.2. The van der Waals surface area contributed by atoms with Crippen LogP contribution in [-0.4, -0.2) is 11.8 Å².